The molecule has 0 nitrogen and oxygen atoms in total. The van der Waals surface area contributed by atoms with Crippen molar-refractivity contribution in [2.24, 2.45) is 0 Å². The van der Waals surface area contributed by atoms with Crippen LogP contribution in [0.5, 0.6) is 0 Å². The molecule has 0 saturated carbocycles. The Morgan fingerprint density at radius 2 is 0.714 bits per heavy atom. The van der Waals surface area contributed by atoms with Crippen LogP contribution >= 0.6 is 0 Å². The van der Waals surface area contributed by atoms with Crippen LogP contribution < -0.4 is 0 Å². The standard InChI is InChI=1S/2C2H5.2CH3.Pt/c2*1-2;;;/h2*1H2,2H3;2*1H3;/q4*-1;+4. The van der Waals surface area contributed by atoms with E-state index >= 15 is 0 Å². The first-order valence-corrected chi connectivity index (χ1v) is 1.41. The molecule has 0 aromatic rings. The van der Waals surface area contributed by atoms with Gasteiger partial charge in [-0.25, -0.2) is 0 Å². The van der Waals surface area contributed by atoms with Crippen LogP contribution in [0.15, 0.2) is 0 Å². The van der Waals surface area contributed by atoms with Crippen molar-refractivity contribution in [3.63, 3.8) is 0 Å². The van der Waals surface area contributed by atoms with E-state index in [1.807, 2.05) is 0 Å². The van der Waals surface area contributed by atoms with Crippen molar-refractivity contribution in [3.8, 4) is 0 Å². The summed E-state index contributed by atoms with van der Waals surface area (Å²) in [5, 5.41) is 0. The zero-order valence-corrected chi connectivity index (χ0v) is 8.00. The Bertz CT molecular complexity index is 4.14. The van der Waals surface area contributed by atoms with E-state index in [4.69, 9.17) is 0 Å². The maximum absolute atomic E-state index is 3.25. The minimum absolute atomic E-state index is 0. The van der Waals surface area contributed by atoms with Gasteiger partial charge in [-0.15, -0.1) is 0 Å². The normalized spacial score (nSPS) is 1.71. The summed E-state index contributed by atoms with van der Waals surface area (Å²) in [5.74, 6) is 0. The third-order valence-corrected chi connectivity index (χ3v) is 0. The Labute approximate surface area is 64.0 Å². The molecule has 0 aliphatic heterocycles. The van der Waals surface area contributed by atoms with Crippen molar-refractivity contribution in [2.45, 2.75) is 13.8 Å². The molecule has 0 atom stereocenters. The molecule has 0 aromatic carbocycles. The van der Waals surface area contributed by atoms with E-state index in [1.54, 1.807) is 13.8 Å². The summed E-state index contributed by atoms with van der Waals surface area (Å²) >= 11 is 0. The van der Waals surface area contributed by atoms with Gasteiger partial charge >= 0.3 is 21.1 Å². The quantitative estimate of drug-likeness (QED) is 0.599. The summed E-state index contributed by atoms with van der Waals surface area (Å²) in [5.41, 5.74) is 0. The second-order valence-electron chi connectivity index (χ2n) is 0. The van der Waals surface area contributed by atoms with Gasteiger partial charge in [-0.3, -0.25) is 0 Å². The minimum atomic E-state index is 0. The van der Waals surface area contributed by atoms with Crippen molar-refractivity contribution in [1.29, 1.82) is 0 Å². The average molecular weight is 283 g/mol. The van der Waals surface area contributed by atoms with E-state index in [0.29, 0.717) is 0 Å². The second-order valence-corrected chi connectivity index (χ2v) is 0. The van der Waals surface area contributed by atoms with Crippen LogP contribution in [0.3, 0.4) is 0 Å². The molecule has 0 rings (SSSR count). The van der Waals surface area contributed by atoms with Gasteiger partial charge in [-0.2, -0.15) is 13.8 Å². The van der Waals surface area contributed by atoms with E-state index in [0.717, 1.165) is 0 Å². The van der Waals surface area contributed by atoms with Crippen LogP contribution in [-0.4, -0.2) is 0 Å². The molecule has 0 fully saturated rings. The third kappa shape index (κ3) is 310. The number of hydrogen-bond acceptors (Lipinski definition) is 0. The Kier molecular flexibility index (Phi) is 3110. The summed E-state index contributed by atoms with van der Waals surface area (Å²) in [4.78, 5) is 0. The van der Waals surface area contributed by atoms with E-state index in [2.05, 4.69) is 13.8 Å². The van der Waals surface area contributed by atoms with Gasteiger partial charge in [-0.1, -0.05) is 0 Å². The summed E-state index contributed by atoms with van der Waals surface area (Å²) in [6.45, 7) is 10.0. The topological polar surface area (TPSA) is 0 Å². The molecule has 0 aromatic heterocycles. The van der Waals surface area contributed by atoms with Gasteiger partial charge in [0.1, 0.15) is 0 Å². The molecule has 1 heteroatoms. The van der Waals surface area contributed by atoms with Gasteiger partial charge in [0.2, 0.25) is 0 Å². The summed E-state index contributed by atoms with van der Waals surface area (Å²) < 4.78 is 0. The molecule has 7 heavy (non-hydrogen) atoms. The SMILES string of the molecule is [CH2-]C.[CH2-]C.[CH3-].[CH3-].[Pt+4]. The molecule has 0 heterocycles. The first kappa shape index (κ1) is 47.6. The third-order valence-electron chi connectivity index (χ3n) is 0. The van der Waals surface area contributed by atoms with E-state index in [-0.39, 0.29) is 35.9 Å². The van der Waals surface area contributed by atoms with Crippen LogP contribution in [-0.2, 0) is 21.1 Å². The molecular formula is C6H16Pt. The van der Waals surface area contributed by atoms with Crippen LogP contribution in [0.1, 0.15) is 13.8 Å². The smallest absolute Gasteiger partial charge is 0.358 e. The molecule has 0 radical (unpaired) electrons. The molecule has 0 N–H and O–H groups in total. The zero-order valence-electron chi connectivity index (χ0n) is 5.73. The van der Waals surface area contributed by atoms with E-state index < -0.39 is 0 Å². The van der Waals surface area contributed by atoms with E-state index in [9.17, 15) is 0 Å². The average Bonchev–Trinajstić information content (AvgIpc) is 1.50. The molecule has 0 aliphatic rings. The summed E-state index contributed by atoms with van der Waals surface area (Å²) in [6.07, 6.45) is 0. The van der Waals surface area contributed by atoms with Crippen molar-refractivity contribution in [1.82, 2.24) is 0 Å². The maximum Gasteiger partial charge on any atom is 4.00 e. The van der Waals surface area contributed by atoms with Gasteiger partial charge in [0.05, 0.1) is 0 Å². The van der Waals surface area contributed by atoms with Crippen LogP contribution in [0.2, 0.25) is 0 Å². The molecule has 50 valence electrons. The van der Waals surface area contributed by atoms with Crippen molar-refractivity contribution in [3.05, 3.63) is 28.7 Å². The zero-order chi connectivity index (χ0) is 4.00. The number of rotatable bonds is 0. The molecule has 0 spiro atoms. The summed E-state index contributed by atoms with van der Waals surface area (Å²) in [7, 11) is 0. The van der Waals surface area contributed by atoms with Crippen molar-refractivity contribution >= 4 is 0 Å². The molecule has 0 unspecified atom stereocenters. The molecule has 0 saturated heterocycles. The van der Waals surface area contributed by atoms with Crippen molar-refractivity contribution < 1.29 is 21.1 Å². The predicted octanol–water partition coefficient (Wildman–Crippen LogP) is 2.58. The Balaban J connectivity index is -0.00000000267. The predicted molar refractivity (Wildman–Crippen MR) is 34.9 cm³/mol. The molecule has 0 amide bonds. The van der Waals surface area contributed by atoms with Crippen LogP contribution in [0.25, 0.3) is 0 Å². The summed E-state index contributed by atoms with van der Waals surface area (Å²) in [6, 6.07) is 0. The van der Waals surface area contributed by atoms with Gasteiger partial charge in [0.25, 0.3) is 0 Å². The first-order chi connectivity index (χ1) is 2.00. The Morgan fingerprint density at radius 1 is 0.714 bits per heavy atom. The maximum atomic E-state index is 3.25. The largest absolute Gasteiger partial charge is 4.00 e. The first-order valence-electron chi connectivity index (χ1n) is 1.41. The fourth-order valence-corrected chi connectivity index (χ4v) is 0. The minimum Gasteiger partial charge on any atom is -0.358 e. The molecular weight excluding hydrogens is 267 g/mol. The van der Waals surface area contributed by atoms with Gasteiger partial charge < -0.3 is 28.7 Å². The van der Waals surface area contributed by atoms with Gasteiger partial charge in [-0.05, 0) is 0 Å². The fourth-order valence-electron chi connectivity index (χ4n) is 0. The fraction of sp³-hybridized carbons (Fsp3) is 0.333. The Hall–Kier alpha value is 0.688. The number of hydrogen-bond donors (Lipinski definition) is 0. The van der Waals surface area contributed by atoms with Gasteiger partial charge in [0, 0.05) is 0 Å². The van der Waals surface area contributed by atoms with E-state index in [1.165, 1.54) is 0 Å². The Morgan fingerprint density at radius 3 is 0.714 bits per heavy atom. The van der Waals surface area contributed by atoms with Crippen LogP contribution in [0.4, 0.5) is 0 Å². The van der Waals surface area contributed by atoms with Gasteiger partial charge in [0.15, 0.2) is 0 Å². The second kappa shape index (κ2) is 457. The molecule has 0 aliphatic carbocycles. The van der Waals surface area contributed by atoms with Crippen LogP contribution in [0, 0.1) is 28.7 Å². The molecule has 0 bridgehead atoms. The van der Waals surface area contributed by atoms with Crippen molar-refractivity contribution in [2.75, 3.05) is 0 Å². The monoisotopic (exact) mass is 283 g/mol.